The van der Waals surface area contributed by atoms with Crippen LogP contribution in [-0.2, 0) is 14.3 Å². The highest BCUT2D eigenvalue weighted by Crippen LogP contribution is 2.21. The van der Waals surface area contributed by atoms with Gasteiger partial charge in [0, 0.05) is 31.4 Å². The highest BCUT2D eigenvalue weighted by Gasteiger charge is 2.30. The van der Waals surface area contributed by atoms with Gasteiger partial charge in [-0.3, -0.25) is 9.59 Å². The second kappa shape index (κ2) is 10.3. The Hall–Kier alpha value is -2.57. The van der Waals surface area contributed by atoms with Gasteiger partial charge in [0.05, 0.1) is 5.92 Å². The van der Waals surface area contributed by atoms with E-state index in [-0.39, 0.29) is 36.5 Å². The zero-order valence-electron chi connectivity index (χ0n) is 17.1. The lowest BCUT2D eigenvalue weighted by molar-refractivity contribution is -0.157. The van der Waals surface area contributed by atoms with Crippen molar-refractivity contribution in [1.82, 2.24) is 9.80 Å². The van der Waals surface area contributed by atoms with Gasteiger partial charge in [-0.2, -0.15) is 0 Å². The Morgan fingerprint density at radius 2 is 1.76 bits per heavy atom. The standard InChI is InChI=1S/C22H31N3O4/c1-2-19-10-6-7-13-25(19)20(26)16-29-21(27)17-11-14-24(15-12-17)22(28)23-18-8-4-3-5-9-18/h3-5,8-9,17,19H,2,6-7,10-16H2,1H3,(H,23,28)/t19-/m0/s1. The van der Waals surface area contributed by atoms with Crippen molar-refractivity contribution in [1.29, 1.82) is 0 Å². The first-order valence-electron chi connectivity index (χ1n) is 10.7. The number of para-hydroxylation sites is 1. The van der Waals surface area contributed by atoms with Crippen LogP contribution >= 0.6 is 0 Å². The smallest absolute Gasteiger partial charge is 0.321 e. The number of piperidine rings is 2. The molecule has 29 heavy (non-hydrogen) atoms. The summed E-state index contributed by atoms with van der Waals surface area (Å²) in [7, 11) is 0. The molecule has 2 aliphatic rings. The van der Waals surface area contributed by atoms with E-state index in [4.69, 9.17) is 4.74 Å². The molecular weight excluding hydrogens is 370 g/mol. The van der Waals surface area contributed by atoms with Crippen LogP contribution in [0.5, 0.6) is 0 Å². The quantitative estimate of drug-likeness (QED) is 0.768. The minimum atomic E-state index is -0.327. The normalized spacial score (nSPS) is 20.2. The van der Waals surface area contributed by atoms with Gasteiger partial charge < -0.3 is 19.9 Å². The summed E-state index contributed by atoms with van der Waals surface area (Å²) in [6, 6.07) is 9.41. The van der Waals surface area contributed by atoms with E-state index >= 15 is 0 Å². The van der Waals surface area contributed by atoms with Crippen LogP contribution < -0.4 is 5.32 Å². The molecule has 1 aromatic carbocycles. The maximum Gasteiger partial charge on any atom is 0.321 e. The largest absolute Gasteiger partial charge is 0.455 e. The molecule has 1 N–H and O–H groups in total. The van der Waals surface area contributed by atoms with Crippen molar-refractivity contribution in [2.75, 3.05) is 31.6 Å². The first kappa shape index (κ1) is 21.1. The van der Waals surface area contributed by atoms with E-state index in [2.05, 4.69) is 12.2 Å². The van der Waals surface area contributed by atoms with E-state index in [0.717, 1.165) is 37.9 Å². The Kier molecular flexibility index (Phi) is 7.49. The van der Waals surface area contributed by atoms with Crippen LogP contribution in [0.15, 0.2) is 30.3 Å². The molecule has 0 unspecified atom stereocenters. The van der Waals surface area contributed by atoms with Crippen molar-refractivity contribution in [3.8, 4) is 0 Å². The van der Waals surface area contributed by atoms with Crippen LogP contribution in [0, 0.1) is 5.92 Å². The van der Waals surface area contributed by atoms with E-state index in [1.807, 2.05) is 35.2 Å². The summed E-state index contributed by atoms with van der Waals surface area (Å²) in [5.74, 6) is -0.678. The Bertz CT molecular complexity index is 701. The predicted octanol–water partition coefficient (Wildman–Crippen LogP) is 3.26. The topological polar surface area (TPSA) is 79.0 Å². The van der Waals surface area contributed by atoms with Crippen molar-refractivity contribution in [2.24, 2.45) is 5.92 Å². The number of likely N-dealkylation sites (tertiary alicyclic amines) is 2. The van der Waals surface area contributed by atoms with E-state index in [0.29, 0.717) is 25.9 Å². The van der Waals surface area contributed by atoms with Crippen LogP contribution in [0.2, 0.25) is 0 Å². The summed E-state index contributed by atoms with van der Waals surface area (Å²) < 4.78 is 5.33. The molecule has 2 fully saturated rings. The molecule has 1 atom stereocenters. The van der Waals surface area contributed by atoms with Gasteiger partial charge in [-0.15, -0.1) is 0 Å². The first-order chi connectivity index (χ1) is 14.1. The SMILES string of the molecule is CC[C@H]1CCCCN1C(=O)COC(=O)C1CCN(C(=O)Nc2ccccc2)CC1. The Labute approximate surface area is 172 Å². The highest BCUT2D eigenvalue weighted by atomic mass is 16.5. The first-order valence-corrected chi connectivity index (χ1v) is 10.7. The zero-order chi connectivity index (χ0) is 20.6. The Balaban J connectivity index is 1.40. The maximum atomic E-state index is 12.5. The number of ether oxygens (including phenoxy) is 1. The fraction of sp³-hybridized carbons (Fsp3) is 0.591. The molecule has 7 nitrogen and oxygen atoms in total. The molecule has 0 bridgehead atoms. The Morgan fingerprint density at radius 1 is 1.03 bits per heavy atom. The molecular formula is C22H31N3O4. The number of hydrogen-bond acceptors (Lipinski definition) is 4. The van der Waals surface area contributed by atoms with E-state index in [1.54, 1.807) is 4.90 Å². The third kappa shape index (κ3) is 5.71. The van der Waals surface area contributed by atoms with Crippen molar-refractivity contribution >= 4 is 23.6 Å². The number of benzene rings is 1. The summed E-state index contributed by atoms with van der Waals surface area (Å²) in [6.07, 6.45) is 5.23. The second-order valence-electron chi connectivity index (χ2n) is 7.81. The van der Waals surface area contributed by atoms with E-state index in [1.165, 1.54) is 0 Å². The lowest BCUT2D eigenvalue weighted by atomic mass is 9.97. The van der Waals surface area contributed by atoms with Crippen molar-refractivity contribution in [2.45, 2.75) is 51.5 Å². The molecule has 2 aliphatic heterocycles. The maximum absolute atomic E-state index is 12.5. The average Bonchev–Trinajstić information content (AvgIpc) is 2.78. The summed E-state index contributed by atoms with van der Waals surface area (Å²) in [5.41, 5.74) is 0.751. The summed E-state index contributed by atoms with van der Waals surface area (Å²) in [5, 5.41) is 2.86. The number of nitrogens with one attached hydrogen (secondary N) is 1. The second-order valence-corrected chi connectivity index (χ2v) is 7.81. The number of hydrogen-bond donors (Lipinski definition) is 1. The van der Waals surface area contributed by atoms with Crippen LogP contribution in [0.3, 0.4) is 0 Å². The number of amides is 3. The predicted molar refractivity (Wildman–Crippen MR) is 110 cm³/mol. The van der Waals surface area contributed by atoms with E-state index < -0.39 is 0 Å². The third-order valence-corrected chi connectivity index (χ3v) is 5.90. The molecule has 158 valence electrons. The van der Waals surface area contributed by atoms with Gasteiger partial charge in [0.15, 0.2) is 6.61 Å². The molecule has 0 aromatic heterocycles. The summed E-state index contributed by atoms with van der Waals surface area (Å²) >= 11 is 0. The minimum absolute atomic E-state index is 0.0930. The van der Waals surface area contributed by atoms with E-state index in [9.17, 15) is 14.4 Å². The van der Waals surface area contributed by atoms with Crippen LogP contribution in [0.4, 0.5) is 10.5 Å². The number of esters is 1. The zero-order valence-corrected chi connectivity index (χ0v) is 17.1. The van der Waals surface area contributed by atoms with Gasteiger partial charge in [0.2, 0.25) is 0 Å². The van der Waals surface area contributed by atoms with Gasteiger partial charge >= 0.3 is 12.0 Å². The van der Waals surface area contributed by atoms with Crippen LogP contribution in [-0.4, -0.2) is 60.0 Å². The molecule has 0 saturated carbocycles. The van der Waals surface area contributed by atoms with Gasteiger partial charge in [0.25, 0.3) is 5.91 Å². The molecule has 2 heterocycles. The van der Waals surface area contributed by atoms with Crippen molar-refractivity contribution < 1.29 is 19.1 Å². The third-order valence-electron chi connectivity index (χ3n) is 5.90. The van der Waals surface area contributed by atoms with Gasteiger partial charge in [-0.1, -0.05) is 25.1 Å². The lowest BCUT2D eigenvalue weighted by Gasteiger charge is -2.35. The molecule has 3 amide bonds. The Morgan fingerprint density at radius 3 is 2.45 bits per heavy atom. The molecule has 0 aliphatic carbocycles. The summed E-state index contributed by atoms with van der Waals surface area (Å²) in [6.45, 7) is 3.66. The average molecular weight is 402 g/mol. The van der Waals surface area contributed by atoms with Crippen LogP contribution in [0.25, 0.3) is 0 Å². The number of carbonyl (C=O) groups excluding carboxylic acids is 3. The molecule has 0 radical (unpaired) electrons. The molecule has 3 rings (SSSR count). The highest BCUT2D eigenvalue weighted by molar-refractivity contribution is 5.89. The van der Waals surface area contributed by atoms with Crippen molar-refractivity contribution in [3.63, 3.8) is 0 Å². The van der Waals surface area contributed by atoms with Gasteiger partial charge in [0.1, 0.15) is 0 Å². The number of rotatable bonds is 5. The molecule has 2 saturated heterocycles. The van der Waals surface area contributed by atoms with Gasteiger partial charge in [-0.05, 0) is 50.7 Å². The van der Waals surface area contributed by atoms with Crippen LogP contribution in [0.1, 0.15) is 45.4 Å². The summed E-state index contributed by atoms with van der Waals surface area (Å²) in [4.78, 5) is 40.8. The molecule has 1 aromatic rings. The minimum Gasteiger partial charge on any atom is -0.455 e. The number of carbonyl (C=O) groups is 3. The molecule has 7 heteroatoms. The lowest BCUT2D eigenvalue weighted by Crippen LogP contribution is -2.46. The number of nitrogens with zero attached hydrogens (tertiary/aromatic N) is 2. The fourth-order valence-electron chi connectivity index (χ4n) is 4.13. The number of anilines is 1. The van der Waals surface area contributed by atoms with Crippen molar-refractivity contribution in [3.05, 3.63) is 30.3 Å². The monoisotopic (exact) mass is 401 g/mol. The molecule has 0 spiro atoms. The van der Waals surface area contributed by atoms with Gasteiger partial charge in [-0.25, -0.2) is 4.79 Å². The number of urea groups is 1. The fourth-order valence-corrected chi connectivity index (χ4v) is 4.13.